The highest BCUT2D eigenvalue weighted by atomic mass is 16.3. The van der Waals surface area contributed by atoms with E-state index in [1.54, 1.807) is 0 Å². The highest BCUT2D eigenvalue weighted by Crippen LogP contribution is 2.28. The van der Waals surface area contributed by atoms with E-state index in [4.69, 9.17) is 0 Å². The normalized spacial score (nSPS) is 26.4. The zero-order valence-electron chi connectivity index (χ0n) is 10.0. The molecule has 1 N–H and O–H groups in total. The van der Waals surface area contributed by atoms with Gasteiger partial charge in [0.05, 0.1) is 12.6 Å². The monoisotopic (exact) mass is 223 g/mol. The van der Waals surface area contributed by atoms with Gasteiger partial charge in [0.2, 0.25) is 5.91 Å². The van der Waals surface area contributed by atoms with Gasteiger partial charge in [0.15, 0.2) is 0 Å². The number of hydrogen-bond acceptors (Lipinski definition) is 2. The van der Waals surface area contributed by atoms with E-state index in [9.17, 15) is 9.90 Å². The summed E-state index contributed by atoms with van der Waals surface area (Å²) < 4.78 is 0. The number of likely N-dealkylation sites (tertiary alicyclic amines) is 1. The largest absolute Gasteiger partial charge is 0.394 e. The summed E-state index contributed by atoms with van der Waals surface area (Å²) in [5, 5.41) is 9.24. The third-order valence-corrected chi connectivity index (χ3v) is 3.85. The van der Waals surface area contributed by atoms with Gasteiger partial charge in [0.25, 0.3) is 0 Å². The quantitative estimate of drug-likeness (QED) is 0.776. The predicted octanol–water partition coefficient (Wildman–Crippen LogP) is 1.86. The lowest BCUT2D eigenvalue weighted by molar-refractivity contribution is -0.128. The van der Waals surface area contributed by atoms with Crippen LogP contribution in [0, 0.1) is 0 Å². The fraction of sp³-hybridized carbons (Fsp3) is 0.769. The number of hydrogen-bond donors (Lipinski definition) is 1. The van der Waals surface area contributed by atoms with Gasteiger partial charge in [0.1, 0.15) is 0 Å². The number of aliphatic hydroxyl groups is 1. The Morgan fingerprint density at radius 2 is 2.12 bits per heavy atom. The van der Waals surface area contributed by atoms with Gasteiger partial charge < -0.3 is 10.0 Å². The molecule has 0 aromatic rings. The molecule has 0 unspecified atom stereocenters. The summed E-state index contributed by atoms with van der Waals surface area (Å²) in [6.45, 7) is 3.01. The molecular formula is C13H21NO2. The molecule has 90 valence electrons. The number of allylic oxidation sites excluding steroid dienone is 1. The second-order valence-electron chi connectivity index (χ2n) is 4.94. The number of carbonyl (C=O) groups excluding carboxylic acids is 1. The molecule has 1 aliphatic carbocycles. The Kier molecular flexibility index (Phi) is 3.64. The van der Waals surface area contributed by atoms with Crippen molar-refractivity contribution in [1.29, 1.82) is 0 Å². The average molecular weight is 223 g/mol. The molecule has 0 saturated carbocycles. The third-order valence-electron chi connectivity index (χ3n) is 3.85. The lowest BCUT2D eigenvalue weighted by atomic mass is 9.92. The minimum atomic E-state index is 0.0646. The first-order valence-electron chi connectivity index (χ1n) is 6.34. The Labute approximate surface area is 97.1 Å². The van der Waals surface area contributed by atoms with Crippen LogP contribution in [-0.2, 0) is 4.79 Å². The van der Waals surface area contributed by atoms with Gasteiger partial charge in [-0.1, -0.05) is 5.57 Å². The van der Waals surface area contributed by atoms with E-state index in [-0.39, 0.29) is 18.6 Å². The minimum absolute atomic E-state index is 0.0646. The molecule has 3 heteroatoms. The van der Waals surface area contributed by atoms with E-state index >= 15 is 0 Å². The molecule has 0 spiro atoms. The van der Waals surface area contributed by atoms with Gasteiger partial charge in [-0.3, -0.25) is 4.79 Å². The maximum Gasteiger partial charge on any atom is 0.250 e. The summed E-state index contributed by atoms with van der Waals surface area (Å²) in [6.07, 6.45) is 6.33. The second-order valence-corrected chi connectivity index (χ2v) is 4.94. The van der Waals surface area contributed by atoms with Crippen molar-refractivity contribution >= 4 is 5.91 Å². The van der Waals surface area contributed by atoms with Crippen LogP contribution in [-0.4, -0.2) is 35.1 Å². The smallest absolute Gasteiger partial charge is 0.250 e. The zero-order chi connectivity index (χ0) is 11.5. The summed E-state index contributed by atoms with van der Waals surface area (Å²) in [7, 11) is 0. The van der Waals surface area contributed by atoms with Crippen molar-refractivity contribution in [2.45, 2.75) is 51.5 Å². The van der Waals surface area contributed by atoms with Crippen molar-refractivity contribution in [3.8, 4) is 0 Å². The Morgan fingerprint density at radius 1 is 1.38 bits per heavy atom. The summed E-state index contributed by atoms with van der Waals surface area (Å²) in [5.41, 5.74) is 2.28. The highest BCUT2D eigenvalue weighted by molar-refractivity contribution is 5.94. The van der Waals surface area contributed by atoms with Crippen molar-refractivity contribution in [3.63, 3.8) is 0 Å². The topological polar surface area (TPSA) is 40.5 Å². The number of amides is 1. The zero-order valence-corrected chi connectivity index (χ0v) is 10.0. The first-order chi connectivity index (χ1) is 7.74. The van der Waals surface area contributed by atoms with Crippen molar-refractivity contribution in [2.75, 3.05) is 13.2 Å². The Hall–Kier alpha value is -0.830. The predicted molar refractivity (Wildman–Crippen MR) is 63.0 cm³/mol. The first-order valence-corrected chi connectivity index (χ1v) is 6.34. The Balaban J connectivity index is 2.12. The summed E-state index contributed by atoms with van der Waals surface area (Å²) in [6, 6.07) is 0.0646. The van der Waals surface area contributed by atoms with Crippen molar-refractivity contribution in [3.05, 3.63) is 11.1 Å². The summed E-state index contributed by atoms with van der Waals surface area (Å²) >= 11 is 0. The standard InChI is InChI=1S/C13H21NO2/c1-10-5-2-3-7-12(10)13(16)14-8-4-6-11(14)9-15/h11,15H,2-9H2,1H3/t11-/m0/s1. The molecule has 0 radical (unpaired) electrons. The Morgan fingerprint density at radius 3 is 2.81 bits per heavy atom. The lowest BCUT2D eigenvalue weighted by Crippen LogP contribution is -2.39. The van der Waals surface area contributed by atoms with Crippen LogP contribution >= 0.6 is 0 Å². The highest BCUT2D eigenvalue weighted by Gasteiger charge is 2.30. The van der Waals surface area contributed by atoms with Crippen LogP contribution in [0.4, 0.5) is 0 Å². The molecular weight excluding hydrogens is 202 g/mol. The molecule has 0 bridgehead atoms. The molecule has 1 heterocycles. The van der Waals surface area contributed by atoms with E-state index in [1.807, 2.05) is 4.90 Å². The van der Waals surface area contributed by atoms with Crippen LogP contribution < -0.4 is 0 Å². The van der Waals surface area contributed by atoms with Crippen LogP contribution in [0.3, 0.4) is 0 Å². The Bertz CT molecular complexity index is 309. The van der Waals surface area contributed by atoms with Gasteiger partial charge in [0, 0.05) is 12.1 Å². The van der Waals surface area contributed by atoms with Gasteiger partial charge in [-0.2, -0.15) is 0 Å². The lowest BCUT2D eigenvalue weighted by Gasteiger charge is -2.27. The second kappa shape index (κ2) is 5.00. The minimum Gasteiger partial charge on any atom is -0.394 e. The van der Waals surface area contributed by atoms with Gasteiger partial charge >= 0.3 is 0 Å². The van der Waals surface area contributed by atoms with Crippen LogP contribution in [0.5, 0.6) is 0 Å². The van der Waals surface area contributed by atoms with Crippen LogP contribution in [0.2, 0.25) is 0 Å². The van der Waals surface area contributed by atoms with Crippen LogP contribution in [0.1, 0.15) is 45.4 Å². The molecule has 0 aromatic carbocycles. The van der Waals surface area contributed by atoms with Crippen LogP contribution in [0.15, 0.2) is 11.1 Å². The molecule has 16 heavy (non-hydrogen) atoms. The molecule has 2 aliphatic rings. The van der Waals surface area contributed by atoms with E-state index in [1.165, 1.54) is 12.0 Å². The third kappa shape index (κ3) is 2.14. The van der Waals surface area contributed by atoms with Crippen LogP contribution in [0.25, 0.3) is 0 Å². The fourth-order valence-corrected chi connectivity index (χ4v) is 2.81. The van der Waals surface area contributed by atoms with E-state index in [0.29, 0.717) is 0 Å². The van der Waals surface area contributed by atoms with Crippen molar-refractivity contribution in [2.24, 2.45) is 0 Å². The molecule has 1 aliphatic heterocycles. The molecule has 1 fully saturated rings. The average Bonchev–Trinajstić information content (AvgIpc) is 2.77. The number of rotatable bonds is 2. The SMILES string of the molecule is CC1=C(C(=O)N2CCC[C@H]2CO)CCCC1. The molecule has 1 amide bonds. The summed E-state index contributed by atoms with van der Waals surface area (Å²) in [4.78, 5) is 14.2. The molecule has 1 atom stereocenters. The van der Waals surface area contributed by atoms with E-state index in [2.05, 4.69) is 6.92 Å². The van der Waals surface area contributed by atoms with Gasteiger partial charge in [-0.05, 0) is 45.4 Å². The first kappa shape index (κ1) is 11.6. The molecule has 3 nitrogen and oxygen atoms in total. The van der Waals surface area contributed by atoms with Gasteiger partial charge in [-0.15, -0.1) is 0 Å². The number of nitrogens with zero attached hydrogens (tertiary/aromatic N) is 1. The van der Waals surface area contributed by atoms with E-state index < -0.39 is 0 Å². The maximum atomic E-state index is 12.3. The van der Waals surface area contributed by atoms with Crippen molar-refractivity contribution < 1.29 is 9.90 Å². The van der Waals surface area contributed by atoms with Crippen molar-refractivity contribution in [1.82, 2.24) is 4.90 Å². The maximum absolute atomic E-state index is 12.3. The van der Waals surface area contributed by atoms with E-state index in [0.717, 1.165) is 44.2 Å². The fourth-order valence-electron chi connectivity index (χ4n) is 2.81. The number of aliphatic hydroxyl groups excluding tert-OH is 1. The molecule has 0 aromatic heterocycles. The number of carbonyl (C=O) groups is 1. The molecule has 1 saturated heterocycles. The summed E-state index contributed by atoms with van der Waals surface area (Å²) in [5.74, 6) is 0.189. The molecule has 2 rings (SSSR count). The van der Waals surface area contributed by atoms with Gasteiger partial charge in [-0.25, -0.2) is 0 Å².